The molecule has 0 radical (unpaired) electrons. The summed E-state index contributed by atoms with van der Waals surface area (Å²) in [6.07, 6.45) is 1.71. The first-order valence-electron chi connectivity index (χ1n) is 9.47. The summed E-state index contributed by atoms with van der Waals surface area (Å²) >= 11 is 0. The van der Waals surface area contributed by atoms with Gasteiger partial charge in [-0.3, -0.25) is 4.79 Å². The van der Waals surface area contributed by atoms with Crippen LogP contribution in [-0.4, -0.2) is 30.0 Å². The van der Waals surface area contributed by atoms with Crippen LogP contribution < -0.4 is 15.0 Å². The van der Waals surface area contributed by atoms with Crippen LogP contribution in [0.25, 0.3) is 10.8 Å². The van der Waals surface area contributed by atoms with Crippen LogP contribution in [0.3, 0.4) is 0 Å². The molecule has 7 heteroatoms. The average molecular weight is 396 g/mol. The Hall–Kier alpha value is -3.35. The van der Waals surface area contributed by atoms with E-state index < -0.39 is 5.97 Å². The number of aromatic nitrogens is 2. The molecule has 3 aromatic rings. The van der Waals surface area contributed by atoms with Gasteiger partial charge in [0.15, 0.2) is 17.2 Å². The zero-order chi connectivity index (χ0) is 20.8. The van der Waals surface area contributed by atoms with Crippen LogP contribution >= 0.6 is 0 Å². The molecule has 0 saturated carbocycles. The second kappa shape index (κ2) is 9.23. The number of ether oxygens (including phenoxy) is 3. The monoisotopic (exact) mass is 396 g/mol. The Morgan fingerprint density at radius 3 is 2.45 bits per heavy atom. The van der Waals surface area contributed by atoms with E-state index in [0.29, 0.717) is 28.8 Å². The van der Waals surface area contributed by atoms with Crippen molar-refractivity contribution in [2.75, 3.05) is 14.2 Å². The topological polar surface area (TPSA) is 79.7 Å². The molecule has 0 fully saturated rings. The first-order chi connectivity index (χ1) is 14.1. The van der Waals surface area contributed by atoms with Gasteiger partial charge in [-0.1, -0.05) is 37.6 Å². The minimum atomic E-state index is -0.582. The van der Waals surface area contributed by atoms with Crippen molar-refractivity contribution in [2.45, 2.75) is 32.9 Å². The molecule has 0 aliphatic carbocycles. The minimum Gasteiger partial charge on any atom is -0.493 e. The first-order valence-corrected chi connectivity index (χ1v) is 9.47. The maximum absolute atomic E-state index is 12.8. The SMILES string of the molecule is CCCCn1nc(C(=O)OCc2ccc(OC)c(OC)c2)c2ccccc2c1=O. The number of aryl methyl sites for hydroxylation is 1. The van der Waals surface area contributed by atoms with Crippen LogP contribution in [0.4, 0.5) is 0 Å². The number of esters is 1. The molecule has 0 aliphatic heterocycles. The third-order valence-electron chi connectivity index (χ3n) is 4.60. The smallest absolute Gasteiger partial charge is 0.359 e. The van der Waals surface area contributed by atoms with Crippen molar-refractivity contribution in [3.05, 3.63) is 64.1 Å². The molecule has 0 aliphatic rings. The Kier molecular flexibility index (Phi) is 6.49. The summed E-state index contributed by atoms with van der Waals surface area (Å²) in [7, 11) is 3.10. The predicted molar refractivity (Wildman–Crippen MR) is 110 cm³/mol. The average Bonchev–Trinajstić information content (AvgIpc) is 2.76. The van der Waals surface area contributed by atoms with E-state index in [9.17, 15) is 9.59 Å². The van der Waals surface area contributed by atoms with Crippen molar-refractivity contribution < 1.29 is 19.0 Å². The lowest BCUT2D eigenvalue weighted by molar-refractivity contribution is 0.0465. The number of carbonyl (C=O) groups is 1. The van der Waals surface area contributed by atoms with E-state index in [0.717, 1.165) is 18.4 Å². The van der Waals surface area contributed by atoms with Crippen molar-refractivity contribution in [2.24, 2.45) is 0 Å². The van der Waals surface area contributed by atoms with Crippen LogP contribution in [0, 0.1) is 0 Å². The summed E-state index contributed by atoms with van der Waals surface area (Å²) in [5.74, 6) is 0.567. The first kappa shape index (κ1) is 20.4. The second-order valence-electron chi connectivity index (χ2n) is 6.54. The molecule has 7 nitrogen and oxygen atoms in total. The van der Waals surface area contributed by atoms with E-state index >= 15 is 0 Å². The van der Waals surface area contributed by atoms with E-state index in [1.54, 1.807) is 56.7 Å². The molecule has 0 unspecified atom stereocenters. The van der Waals surface area contributed by atoms with Gasteiger partial charge in [0.1, 0.15) is 6.61 Å². The second-order valence-corrected chi connectivity index (χ2v) is 6.54. The molecule has 0 saturated heterocycles. The number of unbranched alkanes of at least 4 members (excludes halogenated alkanes) is 1. The van der Waals surface area contributed by atoms with E-state index in [-0.39, 0.29) is 17.9 Å². The van der Waals surface area contributed by atoms with Gasteiger partial charge in [-0.25, -0.2) is 9.48 Å². The number of hydrogen-bond donors (Lipinski definition) is 0. The van der Waals surface area contributed by atoms with Crippen LogP contribution in [0.5, 0.6) is 11.5 Å². The van der Waals surface area contributed by atoms with Gasteiger partial charge in [0.05, 0.1) is 19.6 Å². The van der Waals surface area contributed by atoms with E-state index in [1.165, 1.54) is 4.68 Å². The van der Waals surface area contributed by atoms with Gasteiger partial charge in [0.25, 0.3) is 5.56 Å². The summed E-state index contributed by atoms with van der Waals surface area (Å²) < 4.78 is 17.3. The molecule has 152 valence electrons. The van der Waals surface area contributed by atoms with Gasteiger partial charge in [0, 0.05) is 11.9 Å². The molecule has 29 heavy (non-hydrogen) atoms. The molecule has 1 aromatic heterocycles. The number of nitrogens with zero attached hydrogens (tertiary/aromatic N) is 2. The maximum Gasteiger partial charge on any atom is 0.359 e. The molecule has 1 heterocycles. The van der Waals surface area contributed by atoms with Gasteiger partial charge in [0.2, 0.25) is 0 Å². The number of hydrogen-bond acceptors (Lipinski definition) is 6. The van der Waals surface area contributed by atoms with Crippen molar-refractivity contribution in [3.8, 4) is 11.5 Å². The van der Waals surface area contributed by atoms with Gasteiger partial charge in [-0.05, 0) is 30.2 Å². The van der Waals surface area contributed by atoms with E-state index in [2.05, 4.69) is 5.10 Å². The zero-order valence-electron chi connectivity index (χ0n) is 16.8. The van der Waals surface area contributed by atoms with Crippen molar-refractivity contribution in [3.63, 3.8) is 0 Å². The number of methoxy groups -OCH3 is 2. The largest absolute Gasteiger partial charge is 0.493 e. The number of benzene rings is 2. The normalized spacial score (nSPS) is 10.7. The molecular weight excluding hydrogens is 372 g/mol. The summed E-state index contributed by atoms with van der Waals surface area (Å²) in [5.41, 5.74) is 0.682. The molecule has 0 bridgehead atoms. The van der Waals surface area contributed by atoms with Crippen molar-refractivity contribution in [1.82, 2.24) is 9.78 Å². The fourth-order valence-corrected chi connectivity index (χ4v) is 3.03. The highest BCUT2D eigenvalue weighted by Crippen LogP contribution is 2.28. The van der Waals surface area contributed by atoms with Gasteiger partial charge in [-0.15, -0.1) is 0 Å². The Morgan fingerprint density at radius 1 is 1.03 bits per heavy atom. The zero-order valence-corrected chi connectivity index (χ0v) is 16.8. The van der Waals surface area contributed by atoms with Crippen molar-refractivity contribution >= 4 is 16.7 Å². The molecular formula is C22H24N2O5. The Labute approximate surface area is 168 Å². The highest BCUT2D eigenvalue weighted by atomic mass is 16.5. The van der Waals surface area contributed by atoms with Crippen LogP contribution in [0.15, 0.2) is 47.3 Å². The van der Waals surface area contributed by atoms with Crippen LogP contribution in [0.1, 0.15) is 35.8 Å². The highest BCUT2D eigenvalue weighted by molar-refractivity contribution is 6.02. The molecule has 3 rings (SSSR count). The number of fused-ring (bicyclic) bond motifs is 1. The highest BCUT2D eigenvalue weighted by Gasteiger charge is 2.18. The molecule has 0 N–H and O–H groups in total. The summed E-state index contributed by atoms with van der Waals surface area (Å²) in [4.78, 5) is 25.4. The van der Waals surface area contributed by atoms with Gasteiger partial charge < -0.3 is 14.2 Å². The fraction of sp³-hybridized carbons (Fsp3) is 0.318. The van der Waals surface area contributed by atoms with Crippen molar-refractivity contribution in [1.29, 1.82) is 0 Å². The standard InChI is InChI=1S/C22H24N2O5/c1-4-5-12-24-21(25)17-9-7-6-8-16(17)20(23-24)22(26)29-14-15-10-11-18(27-2)19(13-15)28-3/h6-11,13H,4-5,12,14H2,1-3H3. The van der Waals surface area contributed by atoms with Crippen LogP contribution in [0.2, 0.25) is 0 Å². The number of rotatable bonds is 8. The number of carbonyl (C=O) groups excluding carboxylic acids is 1. The Balaban J connectivity index is 1.89. The fourth-order valence-electron chi connectivity index (χ4n) is 3.03. The predicted octanol–water partition coefficient (Wildman–Crippen LogP) is 3.57. The summed E-state index contributed by atoms with van der Waals surface area (Å²) in [6, 6.07) is 12.2. The molecule has 0 spiro atoms. The third kappa shape index (κ3) is 4.39. The van der Waals surface area contributed by atoms with Gasteiger partial charge in [-0.2, -0.15) is 5.10 Å². The summed E-state index contributed by atoms with van der Waals surface area (Å²) in [5, 5.41) is 5.24. The Morgan fingerprint density at radius 2 is 1.76 bits per heavy atom. The minimum absolute atomic E-state index is 0.0449. The maximum atomic E-state index is 12.8. The lowest BCUT2D eigenvalue weighted by Crippen LogP contribution is -2.26. The molecule has 2 aromatic carbocycles. The van der Waals surface area contributed by atoms with Gasteiger partial charge >= 0.3 is 5.97 Å². The van der Waals surface area contributed by atoms with E-state index in [4.69, 9.17) is 14.2 Å². The third-order valence-corrected chi connectivity index (χ3v) is 4.60. The van der Waals surface area contributed by atoms with E-state index in [1.807, 2.05) is 6.92 Å². The lowest BCUT2D eigenvalue weighted by atomic mass is 10.1. The molecule has 0 atom stereocenters. The quantitative estimate of drug-likeness (QED) is 0.542. The molecule has 0 amide bonds. The Bertz CT molecular complexity index is 1070. The lowest BCUT2D eigenvalue weighted by Gasteiger charge is -2.12. The summed E-state index contributed by atoms with van der Waals surface area (Å²) in [6.45, 7) is 2.53. The van der Waals surface area contributed by atoms with Crippen LogP contribution in [-0.2, 0) is 17.9 Å².